The van der Waals surface area contributed by atoms with E-state index in [2.05, 4.69) is 34.6 Å². The van der Waals surface area contributed by atoms with Crippen LogP contribution < -0.4 is 0 Å². The van der Waals surface area contributed by atoms with Crippen LogP contribution in [-0.2, 0) is 9.47 Å². The fraction of sp³-hybridized carbons (Fsp3) is 1.00. The van der Waals surface area contributed by atoms with Gasteiger partial charge in [0.1, 0.15) is 0 Å². The summed E-state index contributed by atoms with van der Waals surface area (Å²) in [5.41, 5.74) is 0. The number of ether oxygens (including phenoxy) is 2. The van der Waals surface area contributed by atoms with Crippen LogP contribution in [0.3, 0.4) is 0 Å². The molecule has 0 saturated heterocycles. The van der Waals surface area contributed by atoms with Crippen LogP contribution in [0.2, 0.25) is 0 Å². The summed E-state index contributed by atoms with van der Waals surface area (Å²) in [4.78, 5) is 0. The monoisotopic (exact) mass is 412 g/mol. The standard InChI is InChI=1S/C27H56O2/c1-6-11-13-15-17-18-20-22-25-27(28-9-4,29-10-5)26(23-8-3)24-21-19-16-14-12-7-2/h26H,6-25H2,1-5H3. The number of hydrogen-bond donors (Lipinski definition) is 0. The van der Waals surface area contributed by atoms with Gasteiger partial charge in [0.25, 0.3) is 0 Å². The Morgan fingerprint density at radius 2 is 0.931 bits per heavy atom. The van der Waals surface area contributed by atoms with Gasteiger partial charge in [0.2, 0.25) is 0 Å². The van der Waals surface area contributed by atoms with Gasteiger partial charge >= 0.3 is 0 Å². The molecule has 0 N–H and O–H groups in total. The first-order chi connectivity index (χ1) is 14.2. The zero-order chi connectivity index (χ0) is 21.6. The van der Waals surface area contributed by atoms with Gasteiger partial charge in [0.05, 0.1) is 0 Å². The molecule has 1 unspecified atom stereocenters. The van der Waals surface area contributed by atoms with Gasteiger partial charge in [-0.05, 0) is 33.1 Å². The largest absolute Gasteiger partial charge is 0.350 e. The van der Waals surface area contributed by atoms with Crippen LogP contribution >= 0.6 is 0 Å². The molecule has 0 bridgehead atoms. The van der Waals surface area contributed by atoms with Crippen LogP contribution in [0.4, 0.5) is 0 Å². The Hall–Kier alpha value is -0.0800. The normalized spacial score (nSPS) is 13.1. The first-order valence-corrected chi connectivity index (χ1v) is 13.5. The fourth-order valence-corrected chi connectivity index (χ4v) is 4.72. The summed E-state index contributed by atoms with van der Waals surface area (Å²) in [6.45, 7) is 12.7. The molecule has 0 aromatic carbocycles. The van der Waals surface area contributed by atoms with Crippen LogP contribution in [0.25, 0.3) is 0 Å². The van der Waals surface area contributed by atoms with Crippen LogP contribution in [0.15, 0.2) is 0 Å². The van der Waals surface area contributed by atoms with E-state index >= 15 is 0 Å². The van der Waals surface area contributed by atoms with Crippen molar-refractivity contribution >= 4 is 0 Å². The lowest BCUT2D eigenvalue weighted by Gasteiger charge is -2.40. The maximum absolute atomic E-state index is 6.42. The van der Waals surface area contributed by atoms with E-state index < -0.39 is 0 Å². The van der Waals surface area contributed by atoms with E-state index in [9.17, 15) is 0 Å². The molecule has 0 aliphatic carbocycles. The molecule has 0 spiro atoms. The second-order valence-corrected chi connectivity index (χ2v) is 8.94. The third-order valence-corrected chi connectivity index (χ3v) is 6.32. The minimum Gasteiger partial charge on any atom is -0.350 e. The minimum absolute atomic E-state index is 0.342. The van der Waals surface area contributed by atoms with E-state index in [0.29, 0.717) is 5.92 Å². The van der Waals surface area contributed by atoms with Crippen molar-refractivity contribution in [3.05, 3.63) is 0 Å². The van der Waals surface area contributed by atoms with E-state index in [-0.39, 0.29) is 5.79 Å². The molecule has 0 fully saturated rings. The van der Waals surface area contributed by atoms with Gasteiger partial charge in [-0.15, -0.1) is 0 Å². The van der Waals surface area contributed by atoms with Crippen LogP contribution in [-0.4, -0.2) is 19.0 Å². The molecule has 0 saturated carbocycles. The molecule has 29 heavy (non-hydrogen) atoms. The molecular formula is C27H56O2. The Kier molecular flexibility index (Phi) is 21.1. The Morgan fingerprint density at radius 3 is 1.38 bits per heavy atom. The number of rotatable bonds is 23. The topological polar surface area (TPSA) is 18.5 Å². The highest BCUT2D eigenvalue weighted by Crippen LogP contribution is 2.37. The molecule has 0 heterocycles. The summed E-state index contributed by atoms with van der Waals surface area (Å²) in [5, 5.41) is 0. The summed E-state index contributed by atoms with van der Waals surface area (Å²) in [6, 6.07) is 0. The molecule has 0 amide bonds. The van der Waals surface area contributed by atoms with Crippen molar-refractivity contribution in [2.24, 2.45) is 5.92 Å². The van der Waals surface area contributed by atoms with Gasteiger partial charge in [0, 0.05) is 25.6 Å². The predicted molar refractivity (Wildman–Crippen MR) is 130 cm³/mol. The molecule has 0 radical (unpaired) electrons. The molecule has 0 aliphatic rings. The quantitative estimate of drug-likeness (QED) is 0.123. The van der Waals surface area contributed by atoms with Crippen molar-refractivity contribution in [2.45, 2.75) is 156 Å². The maximum Gasteiger partial charge on any atom is 0.171 e. The van der Waals surface area contributed by atoms with E-state index in [1.807, 2.05) is 0 Å². The van der Waals surface area contributed by atoms with Crippen LogP contribution in [0, 0.1) is 5.92 Å². The lowest BCUT2D eigenvalue weighted by molar-refractivity contribution is -0.270. The Morgan fingerprint density at radius 1 is 0.483 bits per heavy atom. The molecule has 0 aromatic heterocycles. The second kappa shape index (κ2) is 21.2. The van der Waals surface area contributed by atoms with Crippen molar-refractivity contribution in [3.63, 3.8) is 0 Å². The third-order valence-electron chi connectivity index (χ3n) is 6.32. The Balaban J connectivity index is 4.61. The van der Waals surface area contributed by atoms with Crippen molar-refractivity contribution in [2.75, 3.05) is 13.2 Å². The third kappa shape index (κ3) is 14.5. The lowest BCUT2D eigenvalue weighted by Crippen LogP contribution is -2.44. The van der Waals surface area contributed by atoms with Crippen LogP contribution in [0.5, 0.6) is 0 Å². The van der Waals surface area contributed by atoms with Gasteiger partial charge in [0.15, 0.2) is 5.79 Å². The average molecular weight is 413 g/mol. The molecule has 176 valence electrons. The second-order valence-electron chi connectivity index (χ2n) is 8.94. The highest BCUT2D eigenvalue weighted by atomic mass is 16.7. The number of unbranched alkanes of at least 4 members (excludes halogenated alkanes) is 12. The highest BCUT2D eigenvalue weighted by molar-refractivity contribution is 4.81. The van der Waals surface area contributed by atoms with Gasteiger partial charge in [-0.2, -0.15) is 0 Å². The molecular weight excluding hydrogens is 356 g/mol. The zero-order valence-electron chi connectivity index (χ0n) is 21.0. The summed E-state index contributed by atoms with van der Waals surface area (Å²) < 4.78 is 12.8. The molecule has 0 aliphatic heterocycles. The first-order valence-electron chi connectivity index (χ1n) is 13.5. The van der Waals surface area contributed by atoms with Crippen molar-refractivity contribution in [1.82, 2.24) is 0 Å². The summed E-state index contributed by atoms with van der Waals surface area (Å²) in [5.74, 6) is 0.202. The molecule has 2 nitrogen and oxygen atoms in total. The average Bonchev–Trinajstić information content (AvgIpc) is 2.72. The van der Waals surface area contributed by atoms with Gasteiger partial charge < -0.3 is 9.47 Å². The predicted octanol–water partition coefficient (Wildman–Crippen LogP) is 9.45. The summed E-state index contributed by atoms with van der Waals surface area (Å²) >= 11 is 0. The lowest BCUT2D eigenvalue weighted by atomic mass is 9.84. The van der Waals surface area contributed by atoms with E-state index in [4.69, 9.17) is 9.47 Å². The van der Waals surface area contributed by atoms with Crippen molar-refractivity contribution < 1.29 is 9.47 Å². The molecule has 0 rings (SSSR count). The van der Waals surface area contributed by atoms with Gasteiger partial charge in [-0.25, -0.2) is 0 Å². The molecule has 1 atom stereocenters. The van der Waals surface area contributed by atoms with E-state index in [1.165, 1.54) is 109 Å². The SMILES string of the molecule is CCCCCCCCCCC(OCC)(OCC)C(CCC)CCCCCCCC. The Labute approximate surface area is 184 Å². The molecule has 2 heteroatoms. The van der Waals surface area contributed by atoms with Gasteiger partial charge in [-0.3, -0.25) is 0 Å². The molecule has 0 aromatic rings. The van der Waals surface area contributed by atoms with Crippen molar-refractivity contribution in [3.8, 4) is 0 Å². The maximum atomic E-state index is 6.42. The summed E-state index contributed by atoms with van der Waals surface area (Å²) in [7, 11) is 0. The minimum atomic E-state index is -0.342. The summed E-state index contributed by atoms with van der Waals surface area (Å²) in [6.07, 6.45) is 23.9. The number of hydrogen-bond acceptors (Lipinski definition) is 2. The van der Waals surface area contributed by atoms with E-state index in [1.54, 1.807) is 0 Å². The fourth-order valence-electron chi connectivity index (χ4n) is 4.72. The first kappa shape index (κ1) is 28.9. The highest BCUT2D eigenvalue weighted by Gasteiger charge is 2.39. The van der Waals surface area contributed by atoms with Crippen LogP contribution in [0.1, 0.15) is 150 Å². The Bertz CT molecular complexity index is 310. The zero-order valence-corrected chi connectivity index (χ0v) is 21.0. The smallest absolute Gasteiger partial charge is 0.171 e. The van der Waals surface area contributed by atoms with Crippen molar-refractivity contribution in [1.29, 1.82) is 0 Å². The van der Waals surface area contributed by atoms with E-state index in [0.717, 1.165) is 19.6 Å². The van der Waals surface area contributed by atoms with Gasteiger partial charge in [-0.1, -0.05) is 111 Å².